The summed E-state index contributed by atoms with van der Waals surface area (Å²) in [5.41, 5.74) is 0. The second-order valence-electron chi connectivity index (χ2n) is 19.7. The third kappa shape index (κ3) is 56.4. The molecule has 0 aliphatic carbocycles. The number of nitrogens with zero attached hydrogens (tertiary/aromatic N) is 1. The average Bonchev–Trinajstić information content (AvgIpc) is 3.31. The normalized spacial score (nSPS) is 13.3. The van der Waals surface area contributed by atoms with Gasteiger partial charge in [-0.3, -0.25) is 28.0 Å². The van der Waals surface area contributed by atoms with Crippen LogP contribution in [0.5, 0.6) is 0 Å². The number of rotatable bonds is 50. The van der Waals surface area contributed by atoms with Gasteiger partial charge in [-0.25, -0.2) is 4.57 Å². The molecular formula is C58H109NO10P+. The maximum Gasteiger partial charge on any atom is 0.474 e. The molecule has 0 amide bonds. The van der Waals surface area contributed by atoms with E-state index in [9.17, 15) is 18.9 Å². The molecule has 0 rings (SSSR count). The smallest absolute Gasteiger partial charge is 0.474 e. The number of aliphatic carboxylic acids is 1. The predicted molar refractivity (Wildman–Crippen MR) is 293 cm³/mol. The molecule has 0 aliphatic rings. The molecule has 70 heavy (non-hydrogen) atoms. The van der Waals surface area contributed by atoms with E-state index in [4.69, 9.17) is 28.2 Å². The topological polar surface area (TPSA) is 135 Å². The summed E-state index contributed by atoms with van der Waals surface area (Å²) in [5, 5.41) is 8.97. The molecule has 0 bridgehead atoms. The Morgan fingerprint density at radius 3 is 1.46 bits per heavy atom. The van der Waals surface area contributed by atoms with E-state index in [1.54, 1.807) is 6.92 Å². The number of quaternary nitrogens is 1. The summed E-state index contributed by atoms with van der Waals surface area (Å²) in [6.07, 6.45) is 53.2. The fourth-order valence-electron chi connectivity index (χ4n) is 7.36. The molecule has 0 spiro atoms. The number of hydrogen-bond donors (Lipinski definition) is 1. The van der Waals surface area contributed by atoms with Crippen molar-refractivity contribution in [2.45, 2.75) is 252 Å². The van der Waals surface area contributed by atoms with Crippen LogP contribution < -0.4 is 0 Å². The van der Waals surface area contributed by atoms with Crippen molar-refractivity contribution in [1.82, 2.24) is 0 Å². The van der Waals surface area contributed by atoms with Crippen LogP contribution in [-0.4, -0.2) is 87.7 Å². The second kappa shape index (κ2) is 52.8. The highest BCUT2D eigenvalue weighted by Gasteiger charge is 2.27. The van der Waals surface area contributed by atoms with Gasteiger partial charge in [0.2, 0.25) is 0 Å². The van der Waals surface area contributed by atoms with E-state index in [0.29, 0.717) is 36.7 Å². The van der Waals surface area contributed by atoms with Crippen LogP contribution in [0.3, 0.4) is 0 Å². The molecule has 12 heteroatoms. The first kappa shape index (κ1) is 69.5. The van der Waals surface area contributed by atoms with Gasteiger partial charge in [-0.1, -0.05) is 172 Å². The Morgan fingerprint density at radius 1 is 0.486 bits per heavy atom. The molecule has 0 saturated heterocycles. The minimum atomic E-state index is -3.57. The van der Waals surface area contributed by atoms with Crippen molar-refractivity contribution in [3.8, 4) is 0 Å². The molecule has 0 fully saturated rings. The Hall–Kier alpha value is -2.56. The minimum absolute atomic E-state index is 0.0643. The molecule has 0 saturated carbocycles. The largest absolute Gasteiger partial charge is 0.481 e. The number of carbonyl (C=O) groups excluding carboxylic acids is 2. The number of carboxylic acid groups (broad SMARTS) is 1. The molecule has 410 valence electrons. The van der Waals surface area contributed by atoms with Crippen molar-refractivity contribution in [1.29, 1.82) is 0 Å². The van der Waals surface area contributed by atoms with Crippen LogP contribution in [0.25, 0.3) is 0 Å². The predicted octanol–water partition coefficient (Wildman–Crippen LogP) is 16.9. The molecule has 11 nitrogen and oxygen atoms in total. The summed E-state index contributed by atoms with van der Waals surface area (Å²) >= 11 is 0. The van der Waals surface area contributed by atoms with Gasteiger partial charge in [0.1, 0.15) is 19.3 Å². The third-order valence-electron chi connectivity index (χ3n) is 11.6. The van der Waals surface area contributed by atoms with Crippen LogP contribution in [0.1, 0.15) is 246 Å². The summed E-state index contributed by atoms with van der Waals surface area (Å²) in [6.45, 7) is 9.97. The van der Waals surface area contributed by atoms with Crippen molar-refractivity contribution < 1.29 is 51.6 Å². The highest BCUT2D eigenvalue weighted by Crippen LogP contribution is 2.49. The molecule has 0 heterocycles. The first-order valence-electron chi connectivity index (χ1n) is 28.3. The number of carboxylic acids is 1. The van der Waals surface area contributed by atoms with Gasteiger partial charge in [0.05, 0.1) is 41.0 Å². The molecule has 1 N–H and O–H groups in total. The number of ether oxygens (including phenoxy) is 2. The van der Waals surface area contributed by atoms with E-state index < -0.39 is 13.8 Å². The van der Waals surface area contributed by atoms with Gasteiger partial charge in [0.15, 0.2) is 0 Å². The van der Waals surface area contributed by atoms with Crippen molar-refractivity contribution in [3.63, 3.8) is 0 Å². The summed E-state index contributed by atoms with van der Waals surface area (Å²) in [7, 11) is 2.52. The van der Waals surface area contributed by atoms with Gasteiger partial charge in [-0.05, 0) is 96.8 Å². The molecule has 0 aromatic rings. The lowest BCUT2D eigenvalue weighted by atomic mass is 10.0. The van der Waals surface area contributed by atoms with Gasteiger partial charge >= 0.3 is 25.7 Å². The summed E-state index contributed by atoms with van der Waals surface area (Å²) < 4.78 is 40.1. The summed E-state index contributed by atoms with van der Waals surface area (Å²) in [4.78, 5) is 35.0. The first-order chi connectivity index (χ1) is 33.8. The fraction of sp³-hybridized carbons (Fsp3) is 0.810. The standard InChI is InChI=1S/C30H52O4.C28H57NO6P/c1-3-5-7-9-11-12-13-14-15-16-17-18-19-21-23-25-30(33)34-28(26-27-29(31)32)24-22-20-10-8-6-4-2;1-6-8-9-10-11-12-13-14-15-16-17-18-19-20-21-23-28(30)32-25-22-26-34-36(31,33-7-2)35-27-24-29(3,4)5/h5,7,11-12,14-15,28H,3-4,6,8-10,13,16-27H2,1-2H3,(H,31,32);14-15H,6-13,16-27H2,1-5H3/q;+1/b7-5-,12-11-,15-14-;15-14-. The summed E-state index contributed by atoms with van der Waals surface area (Å²) in [5.74, 6) is -1.17. The van der Waals surface area contributed by atoms with Crippen LogP contribution in [0.4, 0.5) is 0 Å². The van der Waals surface area contributed by atoms with E-state index in [1.807, 2.05) is 21.1 Å². The van der Waals surface area contributed by atoms with E-state index >= 15 is 0 Å². The number of esters is 2. The van der Waals surface area contributed by atoms with E-state index in [-0.39, 0.29) is 50.9 Å². The van der Waals surface area contributed by atoms with Crippen LogP contribution >= 0.6 is 7.82 Å². The van der Waals surface area contributed by atoms with Gasteiger partial charge in [0.25, 0.3) is 0 Å². The number of hydrogen-bond acceptors (Lipinski definition) is 9. The molecule has 0 aliphatic heterocycles. The number of allylic oxidation sites excluding steroid dienone is 8. The lowest BCUT2D eigenvalue weighted by Gasteiger charge is -2.24. The molecule has 2 unspecified atom stereocenters. The Balaban J connectivity index is 0. The van der Waals surface area contributed by atoms with Crippen molar-refractivity contribution in [3.05, 3.63) is 48.6 Å². The zero-order valence-electron chi connectivity index (χ0n) is 46.3. The summed E-state index contributed by atoms with van der Waals surface area (Å²) in [6, 6.07) is 0. The van der Waals surface area contributed by atoms with Gasteiger partial charge in [-0.2, -0.15) is 0 Å². The number of carbonyl (C=O) groups is 3. The maximum atomic E-state index is 12.6. The van der Waals surface area contributed by atoms with E-state index in [2.05, 4.69) is 69.4 Å². The molecular weight excluding hydrogens is 902 g/mol. The number of likely N-dealkylation sites (N-methyl/N-ethyl adjacent to an activating group) is 1. The lowest BCUT2D eigenvalue weighted by Crippen LogP contribution is -2.37. The molecule has 0 radical (unpaired) electrons. The third-order valence-corrected chi connectivity index (χ3v) is 13.2. The number of phosphoric ester groups is 1. The fourth-order valence-corrected chi connectivity index (χ4v) is 8.56. The number of phosphoric acid groups is 1. The van der Waals surface area contributed by atoms with Crippen LogP contribution in [0, 0.1) is 0 Å². The SMILES string of the molecule is CC/C=C\C/C=C\C/C=C\CCCCCCCC(=O)OC(CCCCCCCC)CCC(=O)O.CCCCCCCC/C=C\CCCCCCCC(=O)OCCCOP(=O)(OCC)OCC[N+](C)(C)C. The van der Waals surface area contributed by atoms with Crippen LogP contribution in [0.15, 0.2) is 48.6 Å². The Kier molecular flexibility index (Phi) is 52.4. The van der Waals surface area contributed by atoms with Gasteiger partial charge < -0.3 is 19.1 Å². The van der Waals surface area contributed by atoms with Gasteiger partial charge in [-0.15, -0.1) is 0 Å². The highest BCUT2D eigenvalue weighted by atomic mass is 31.2. The number of unbranched alkanes of at least 4 members (excludes halogenated alkanes) is 21. The zero-order chi connectivity index (χ0) is 52.1. The molecule has 0 aromatic carbocycles. The van der Waals surface area contributed by atoms with Gasteiger partial charge in [0, 0.05) is 25.7 Å². The lowest BCUT2D eigenvalue weighted by molar-refractivity contribution is -0.870. The monoisotopic (exact) mass is 1010 g/mol. The highest BCUT2D eigenvalue weighted by molar-refractivity contribution is 7.48. The zero-order valence-corrected chi connectivity index (χ0v) is 47.2. The van der Waals surface area contributed by atoms with Crippen LogP contribution in [-0.2, 0) is 42.0 Å². The Labute approximate surface area is 430 Å². The Bertz CT molecular complexity index is 1360. The van der Waals surface area contributed by atoms with Crippen molar-refractivity contribution in [2.75, 3.05) is 54.1 Å². The van der Waals surface area contributed by atoms with E-state index in [1.165, 1.54) is 96.3 Å². The minimum Gasteiger partial charge on any atom is -0.481 e. The average molecular weight is 1010 g/mol. The van der Waals surface area contributed by atoms with Crippen molar-refractivity contribution in [2.24, 2.45) is 0 Å². The molecule has 2 atom stereocenters. The van der Waals surface area contributed by atoms with Crippen LogP contribution in [0.2, 0.25) is 0 Å². The van der Waals surface area contributed by atoms with Crippen molar-refractivity contribution >= 4 is 25.7 Å². The second-order valence-corrected chi connectivity index (χ2v) is 21.3. The maximum absolute atomic E-state index is 12.6. The Morgan fingerprint density at radius 2 is 0.943 bits per heavy atom. The quantitative estimate of drug-likeness (QED) is 0.0206. The molecule has 0 aromatic heterocycles. The van der Waals surface area contributed by atoms with E-state index in [0.717, 1.165) is 89.9 Å². The first-order valence-corrected chi connectivity index (χ1v) is 29.8.